The summed E-state index contributed by atoms with van der Waals surface area (Å²) < 4.78 is 5.12. The zero-order valence-corrected chi connectivity index (χ0v) is 11.8. The molecule has 1 heterocycles. The van der Waals surface area contributed by atoms with Crippen molar-refractivity contribution in [3.63, 3.8) is 0 Å². The van der Waals surface area contributed by atoms with Crippen LogP contribution in [0, 0.1) is 0 Å². The molecule has 0 unspecified atom stereocenters. The van der Waals surface area contributed by atoms with Crippen LogP contribution >= 0.6 is 0 Å². The summed E-state index contributed by atoms with van der Waals surface area (Å²) in [5.41, 5.74) is 7.44. The van der Waals surface area contributed by atoms with Crippen LogP contribution in [0.5, 0.6) is 5.75 Å². The molecule has 0 radical (unpaired) electrons. The molecular formula is C14H19N5O. The van der Waals surface area contributed by atoms with E-state index in [4.69, 9.17) is 10.5 Å². The number of aromatic nitrogens is 2. The first kappa shape index (κ1) is 13.9. The van der Waals surface area contributed by atoms with Crippen LogP contribution in [0.2, 0.25) is 0 Å². The lowest BCUT2D eigenvalue weighted by Gasteiger charge is -2.14. The molecule has 0 atom stereocenters. The van der Waals surface area contributed by atoms with Crippen molar-refractivity contribution in [3.05, 3.63) is 30.6 Å². The Morgan fingerprint density at radius 3 is 2.35 bits per heavy atom. The highest BCUT2D eigenvalue weighted by Crippen LogP contribution is 2.26. The second kappa shape index (κ2) is 6.10. The summed E-state index contributed by atoms with van der Waals surface area (Å²) in [6.07, 6.45) is 1.48. The Morgan fingerprint density at radius 2 is 1.75 bits per heavy atom. The monoisotopic (exact) mass is 273 g/mol. The minimum Gasteiger partial charge on any atom is -0.497 e. The van der Waals surface area contributed by atoms with E-state index in [1.54, 1.807) is 7.11 Å². The SMILES string of the molecule is COc1ccc(Nc2ncnc(NC(C)C)c2N)cc1. The van der Waals surface area contributed by atoms with Crippen molar-refractivity contribution in [2.75, 3.05) is 23.5 Å². The van der Waals surface area contributed by atoms with Crippen LogP contribution in [0.3, 0.4) is 0 Å². The first-order valence-corrected chi connectivity index (χ1v) is 6.38. The largest absolute Gasteiger partial charge is 0.497 e. The lowest BCUT2D eigenvalue weighted by atomic mass is 10.3. The van der Waals surface area contributed by atoms with Crippen molar-refractivity contribution in [1.29, 1.82) is 0 Å². The molecule has 6 heteroatoms. The summed E-state index contributed by atoms with van der Waals surface area (Å²) in [7, 11) is 1.63. The molecule has 0 aliphatic carbocycles. The van der Waals surface area contributed by atoms with Gasteiger partial charge in [-0.3, -0.25) is 0 Å². The number of anilines is 4. The molecule has 2 aromatic rings. The maximum absolute atomic E-state index is 6.06. The number of nitrogens with two attached hydrogens (primary N) is 1. The van der Waals surface area contributed by atoms with E-state index in [9.17, 15) is 0 Å². The summed E-state index contributed by atoms with van der Waals surface area (Å²) in [5, 5.41) is 6.35. The Hall–Kier alpha value is -2.50. The molecule has 1 aromatic heterocycles. The summed E-state index contributed by atoms with van der Waals surface area (Å²) in [6.45, 7) is 4.05. The van der Waals surface area contributed by atoms with Crippen molar-refractivity contribution in [2.24, 2.45) is 0 Å². The van der Waals surface area contributed by atoms with Gasteiger partial charge in [0.05, 0.1) is 7.11 Å². The Labute approximate surface area is 118 Å². The van der Waals surface area contributed by atoms with Gasteiger partial charge in [-0.2, -0.15) is 0 Å². The fourth-order valence-electron chi connectivity index (χ4n) is 1.69. The van der Waals surface area contributed by atoms with Gasteiger partial charge in [-0.05, 0) is 38.1 Å². The average molecular weight is 273 g/mol. The van der Waals surface area contributed by atoms with Gasteiger partial charge < -0.3 is 21.1 Å². The minimum atomic E-state index is 0.251. The van der Waals surface area contributed by atoms with Crippen molar-refractivity contribution in [1.82, 2.24) is 9.97 Å². The zero-order chi connectivity index (χ0) is 14.5. The van der Waals surface area contributed by atoms with E-state index in [0.717, 1.165) is 11.4 Å². The molecule has 0 aliphatic heterocycles. The van der Waals surface area contributed by atoms with Crippen molar-refractivity contribution in [3.8, 4) is 5.75 Å². The quantitative estimate of drug-likeness (QED) is 0.776. The van der Waals surface area contributed by atoms with Gasteiger partial charge >= 0.3 is 0 Å². The predicted molar refractivity (Wildman–Crippen MR) is 81.5 cm³/mol. The number of ether oxygens (including phenoxy) is 1. The zero-order valence-electron chi connectivity index (χ0n) is 11.8. The third-order valence-electron chi connectivity index (χ3n) is 2.66. The van der Waals surface area contributed by atoms with E-state index >= 15 is 0 Å². The minimum absolute atomic E-state index is 0.251. The standard InChI is InChI=1S/C14H19N5O/c1-9(2)18-13-12(15)14(17-8-16-13)19-10-4-6-11(20-3)7-5-10/h4-9H,15H2,1-3H3,(H2,16,17,18,19). The molecular weight excluding hydrogens is 254 g/mol. The van der Waals surface area contributed by atoms with E-state index in [-0.39, 0.29) is 6.04 Å². The molecule has 6 nitrogen and oxygen atoms in total. The first-order valence-electron chi connectivity index (χ1n) is 6.38. The van der Waals surface area contributed by atoms with Gasteiger partial charge in [-0.1, -0.05) is 0 Å². The molecule has 0 amide bonds. The molecule has 4 N–H and O–H groups in total. The normalized spacial score (nSPS) is 10.4. The first-order chi connectivity index (χ1) is 9.60. The predicted octanol–water partition coefficient (Wildman–Crippen LogP) is 2.63. The fourth-order valence-corrected chi connectivity index (χ4v) is 1.69. The lowest BCUT2D eigenvalue weighted by molar-refractivity contribution is 0.415. The Kier molecular flexibility index (Phi) is 4.24. The summed E-state index contributed by atoms with van der Waals surface area (Å²) in [5.74, 6) is 2.01. The average Bonchev–Trinajstić information content (AvgIpc) is 2.43. The van der Waals surface area contributed by atoms with Crippen molar-refractivity contribution >= 4 is 23.0 Å². The fraction of sp³-hybridized carbons (Fsp3) is 0.286. The molecule has 0 fully saturated rings. The third-order valence-corrected chi connectivity index (χ3v) is 2.66. The van der Waals surface area contributed by atoms with Gasteiger partial charge in [0.2, 0.25) is 0 Å². The highest BCUT2D eigenvalue weighted by atomic mass is 16.5. The highest BCUT2D eigenvalue weighted by Gasteiger charge is 2.09. The number of nitrogens with zero attached hydrogens (tertiary/aromatic N) is 2. The molecule has 2 rings (SSSR count). The van der Waals surface area contributed by atoms with Gasteiger partial charge in [0.15, 0.2) is 11.6 Å². The topological polar surface area (TPSA) is 85.1 Å². The number of nitrogens with one attached hydrogen (secondary N) is 2. The number of rotatable bonds is 5. The van der Waals surface area contributed by atoms with Crippen LogP contribution in [0.15, 0.2) is 30.6 Å². The number of hydrogen-bond donors (Lipinski definition) is 3. The van der Waals surface area contributed by atoms with Crippen LogP contribution in [0.4, 0.5) is 23.0 Å². The van der Waals surface area contributed by atoms with Crippen LogP contribution in [0.25, 0.3) is 0 Å². The molecule has 20 heavy (non-hydrogen) atoms. The summed E-state index contributed by atoms with van der Waals surface area (Å²) in [4.78, 5) is 8.31. The third kappa shape index (κ3) is 3.28. The van der Waals surface area contributed by atoms with Crippen LogP contribution in [-0.4, -0.2) is 23.1 Å². The molecule has 0 bridgehead atoms. The molecule has 1 aromatic carbocycles. The number of benzene rings is 1. The van der Waals surface area contributed by atoms with Crippen LogP contribution < -0.4 is 21.1 Å². The van der Waals surface area contributed by atoms with E-state index in [0.29, 0.717) is 17.3 Å². The van der Waals surface area contributed by atoms with Gasteiger partial charge in [0.25, 0.3) is 0 Å². The summed E-state index contributed by atoms with van der Waals surface area (Å²) >= 11 is 0. The van der Waals surface area contributed by atoms with Crippen molar-refractivity contribution < 1.29 is 4.74 Å². The van der Waals surface area contributed by atoms with Gasteiger partial charge in [0, 0.05) is 11.7 Å². The smallest absolute Gasteiger partial charge is 0.159 e. The van der Waals surface area contributed by atoms with E-state index in [1.165, 1.54) is 6.33 Å². The second-order valence-electron chi connectivity index (χ2n) is 4.64. The van der Waals surface area contributed by atoms with E-state index < -0.39 is 0 Å². The van der Waals surface area contributed by atoms with Crippen LogP contribution in [0.1, 0.15) is 13.8 Å². The van der Waals surface area contributed by atoms with Crippen molar-refractivity contribution in [2.45, 2.75) is 19.9 Å². The number of hydrogen-bond acceptors (Lipinski definition) is 6. The Bertz CT molecular complexity index is 568. The van der Waals surface area contributed by atoms with E-state index in [1.807, 2.05) is 38.1 Å². The maximum Gasteiger partial charge on any atom is 0.159 e. The molecule has 0 saturated heterocycles. The molecule has 106 valence electrons. The molecule has 0 aliphatic rings. The number of methoxy groups -OCH3 is 1. The van der Waals surface area contributed by atoms with Crippen LogP contribution in [-0.2, 0) is 0 Å². The molecule has 0 saturated carbocycles. The Balaban J connectivity index is 2.20. The van der Waals surface area contributed by atoms with Gasteiger partial charge in [0.1, 0.15) is 17.8 Å². The summed E-state index contributed by atoms with van der Waals surface area (Å²) in [6, 6.07) is 7.78. The van der Waals surface area contributed by atoms with E-state index in [2.05, 4.69) is 20.6 Å². The Morgan fingerprint density at radius 1 is 1.10 bits per heavy atom. The number of nitrogen functional groups attached to an aromatic ring is 1. The highest BCUT2D eigenvalue weighted by molar-refractivity contribution is 5.77. The maximum atomic E-state index is 6.06. The molecule has 0 spiro atoms. The van der Waals surface area contributed by atoms with Gasteiger partial charge in [-0.15, -0.1) is 0 Å². The van der Waals surface area contributed by atoms with Gasteiger partial charge in [-0.25, -0.2) is 9.97 Å². The second-order valence-corrected chi connectivity index (χ2v) is 4.64. The lowest BCUT2D eigenvalue weighted by Crippen LogP contribution is -2.14.